The van der Waals surface area contributed by atoms with Crippen molar-refractivity contribution < 1.29 is 19.1 Å². The molecule has 1 aliphatic heterocycles. The first-order chi connectivity index (χ1) is 7.13. The van der Waals surface area contributed by atoms with E-state index in [2.05, 4.69) is 6.92 Å². The summed E-state index contributed by atoms with van der Waals surface area (Å²) in [4.78, 5) is 21.7. The van der Waals surface area contributed by atoms with Crippen LogP contribution in [0.3, 0.4) is 0 Å². The first-order valence-electron chi connectivity index (χ1n) is 5.46. The van der Waals surface area contributed by atoms with Crippen molar-refractivity contribution in [2.75, 3.05) is 6.61 Å². The van der Waals surface area contributed by atoms with Crippen molar-refractivity contribution in [1.82, 2.24) is 0 Å². The molecule has 0 radical (unpaired) electrons. The zero-order valence-electron chi connectivity index (χ0n) is 9.32. The van der Waals surface area contributed by atoms with Gasteiger partial charge in [-0.25, -0.2) is 0 Å². The van der Waals surface area contributed by atoms with Crippen molar-refractivity contribution in [2.24, 2.45) is 5.92 Å². The van der Waals surface area contributed by atoms with Gasteiger partial charge in [0.05, 0.1) is 6.42 Å². The molecule has 1 rings (SSSR count). The summed E-state index contributed by atoms with van der Waals surface area (Å²) in [6.45, 7) is 3.67. The molecule has 0 saturated carbocycles. The van der Waals surface area contributed by atoms with Crippen LogP contribution in [0.4, 0.5) is 0 Å². The molecule has 4 heteroatoms. The van der Waals surface area contributed by atoms with E-state index >= 15 is 0 Å². The summed E-state index contributed by atoms with van der Waals surface area (Å²) in [5.41, 5.74) is 0. The number of carbonyl (C=O) groups excluding carboxylic acids is 2. The molecule has 1 fully saturated rings. The Morgan fingerprint density at radius 1 is 1.60 bits per heavy atom. The second-order valence-electron chi connectivity index (χ2n) is 3.94. The Labute approximate surface area is 89.9 Å². The van der Waals surface area contributed by atoms with Gasteiger partial charge in [-0.05, 0) is 6.42 Å². The van der Waals surface area contributed by atoms with E-state index in [-0.39, 0.29) is 30.6 Å². The average Bonchev–Trinajstić information content (AvgIpc) is 2.52. The Balaban J connectivity index is 2.38. The Morgan fingerprint density at radius 2 is 2.33 bits per heavy atom. The van der Waals surface area contributed by atoms with Gasteiger partial charge >= 0.3 is 11.9 Å². The maximum absolute atomic E-state index is 11.1. The Kier molecular flexibility index (Phi) is 4.59. The number of carbonyl (C=O) groups is 2. The molecule has 1 aliphatic rings. The molecule has 0 spiro atoms. The summed E-state index contributed by atoms with van der Waals surface area (Å²) in [5, 5.41) is 0. The van der Waals surface area contributed by atoms with Crippen LogP contribution in [-0.2, 0) is 19.1 Å². The van der Waals surface area contributed by atoms with Crippen molar-refractivity contribution in [3.05, 3.63) is 0 Å². The van der Waals surface area contributed by atoms with Gasteiger partial charge in [0.1, 0.15) is 12.7 Å². The van der Waals surface area contributed by atoms with Crippen LogP contribution in [0.25, 0.3) is 0 Å². The van der Waals surface area contributed by atoms with Crippen LogP contribution in [0.2, 0.25) is 0 Å². The molecule has 2 atom stereocenters. The van der Waals surface area contributed by atoms with Crippen molar-refractivity contribution in [1.29, 1.82) is 0 Å². The van der Waals surface area contributed by atoms with Gasteiger partial charge in [-0.15, -0.1) is 0 Å². The molecule has 0 aromatic heterocycles. The van der Waals surface area contributed by atoms with E-state index in [1.807, 2.05) is 0 Å². The standard InChI is InChI=1S/C11H18O4/c1-3-4-5-9-6-11(13)15-10(9)7-14-8(2)12/h9-10H,3-7H2,1-2H3/t9-,10+/m0/s1. The highest BCUT2D eigenvalue weighted by atomic mass is 16.6. The summed E-state index contributed by atoms with van der Waals surface area (Å²) < 4.78 is 9.97. The van der Waals surface area contributed by atoms with Gasteiger partial charge in [0.2, 0.25) is 0 Å². The SMILES string of the molecule is CCCC[C@H]1CC(=O)O[C@@H]1COC(C)=O. The quantitative estimate of drug-likeness (QED) is 0.653. The summed E-state index contributed by atoms with van der Waals surface area (Å²) >= 11 is 0. The lowest BCUT2D eigenvalue weighted by Gasteiger charge is -2.16. The molecule has 0 amide bonds. The van der Waals surface area contributed by atoms with Crippen LogP contribution in [-0.4, -0.2) is 24.6 Å². The average molecular weight is 214 g/mol. The molecule has 86 valence electrons. The molecule has 0 N–H and O–H groups in total. The second kappa shape index (κ2) is 5.73. The van der Waals surface area contributed by atoms with Gasteiger partial charge in [0.25, 0.3) is 0 Å². The van der Waals surface area contributed by atoms with Crippen molar-refractivity contribution in [3.8, 4) is 0 Å². The highest BCUT2D eigenvalue weighted by Gasteiger charge is 2.34. The predicted molar refractivity (Wildman–Crippen MR) is 54.1 cm³/mol. The molecule has 0 aromatic rings. The lowest BCUT2D eigenvalue weighted by molar-refractivity contribution is -0.152. The molecule has 0 bridgehead atoms. The number of ether oxygens (including phenoxy) is 2. The molecule has 4 nitrogen and oxygen atoms in total. The monoisotopic (exact) mass is 214 g/mol. The van der Waals surface area contributed by atoms with Gasteiger partial charge < -0.3 is 9.47 Å². The van der Waals surface area contributed by atoms with Gasteiger partial charge in [-0.2, -0.15) is 0 Å². The first kappa shape index (κ1) is 12.0. The summed E-state index contributed by atoms with van der Waals surface area (Å²) in [6.07, 6.45) is 3.39. The van der Waals surface area contributed by atoms with E-state index in [1.165, 1.54) is 6.92 Å². The maximum atomic E-state index is 11.1. The van der Waals surface area contributed by atoms with Crippen molar-refractivity contribution in [3.63, 3.8) is 0 Å². The topological polar surface area (TPSA) is 52.6 Å². The largest absolute Gasteiger partial charge is 0.462 e. The molecule has 0 aromatic carbocycles. The van der Waals surface area contributed by atoms with Crippen LogP contribution in [0.1, 0.15) is 39.5 Å². The fraction of sp³-hybridized carbons (Fsp3) is 0.818. The second-order valence-corrected chi connectivity index (χ2v) is 3.94. The molecular formula is C11H18O4. The third kappa shape index (κ3) is 3.90. The number of rotatable bonds is 5. The van der Waals surface area contributed by atoms with Crippen LogP contribution >= 0.6 is 0 Å². The third-order valence-corrected chi connectivity index (χ3v) is 2.62. The van der Waals surface area contributed by atoms with Gasteiger partial charge in [0.15, 0.2) is 0 Å². The first-order valence-corrected chi connectivity index (χ1v) is 5.46. The highest BCUT2D eigenvalue weighted by molar-refractivity contribution is 5.72. The number of unbranched alkanes of at least 4 members (excludes halogenated alkanes) is 1. The molecule has 1 saturated heterocycles. The van der Waals surface area contributed by atoms with Gasteiger partial charge in [-0.3, -0.25) is 9.59 Å². The number of cyclic esters (lactones) is 1. The Hall–Kier alpha value is -1.06. The number of hydrogen-bond acceptors (Lipinski definition) is 4. The molecule has 15 heavy (non-hydrogen) atoms. The number of hydrogen-bond donors (Lipinski definition) is 0. The minimum Gasteiger partial charge on any atom is -0.462 e. The van der Waals surface area contributed by atoms with Crippen LogP contribution in [0, 0.1) is 5.92 Å². The van der Waals surface area contributed by atoms with Gasteiger partial charge in [-0.1, -0.05) is 19.8 Å². The third-order valence-electron chi connectivity index (χ3n) is 2.62. The van der Waals surface area contributed by atoms with E-state index in [0.29, 0.717) is 6.42 Å². The van der Waals surface area contributed by atoms with Gasteiger partial charge in [0, 0.05) is 12.8 Å². The Morgan fingerprint density at radius 3 is 2.93 bits per heavy atom. The molecule has 1 heterocycles. The van der Waals surface area contributed by atoms with E-state index in [4.69, 9.17) is 9.47 Å². The fourth-order valence-corrected chi connectivity index (χ4v) is 1.78. The van der Waals surface area contributed by atoms with Crippen LogP contribution in [0.15, 0.2) is 0 Å². The highest BCUT2D eigenvalue weighted by Crippen LogP contribution is 2.27. The van der Waals surface area contributed by atoms with Crippen LogP contribution in [0.5, 0.6) is 0 Å². The van der Waals surface area contributed by atoms with E-state index in [1.54, 1.807) is 0 Å². The molecular weight excluding hydrogens is 196 g/mol. The predicted octanol–water partition coefficient (Wildman–Crippen LogP) is 1.67. The van der Waals surface area contributed by atoms with E-state index in [9.17, 15) is 9.59 Å². The van der Waals surface area contributed by atoms with E-state index in [0.717, 1.165) is 19.3 Å². The zero-order chi connectivity index (χ0) is 11.3. The normalized spacial score (nSPS) is 25.1. The minimum absolute atomic E-state index is 0.173. The number of esters is 2. The Bertz CT molecular complexity index is 237. The summed E-state index contributed by atoms with van der Waals surface area (Å²) in [7, 11) is 0. The zero-order valence-corrected chi connectivity index (χ0v) is 9.32. The lowest BCUT2D eigenvalue weighted by Crippen LogP contribution is -2.23. The van der Waals surface area contributed by atoms with Crippen LogP contribution < -0.4 is 0 Å². The lowest BCUT2D eigenvalue weighted by atomic mass is 9.95. The smallest absolute Gasteiger partial charge is 0.306 e. The summed E-state index contributed by atoms with van der Waals surface area (Å²) in [6, 6.07) is 0. The van der Waals surface area contributed by atoms with Crippen molar-refractivity contribution >= 4 is 11.9 Å². The summed E-state index contributed by atoms with van der Waals surface area (Å²) in [5.74, 6) is -0.280. The van der Waals surface area contributed by atoms with E-state index < -0.39 is 0 Å². The maximum Gasteiger partial charge on any atom is 0.306 e. The fourth-order valence-electron chi connectivity index (χ4n) is 1.78. The van der Waals surface area contributed by atoms with Crippen molar-refractivity contribution in [2.45, 2.75) is 45.6 Å². The molecule has 0 aliphatic carbocycles. The minimum atomic E-state index is -0.327. The molecule has 0 unspecified atom stereocenters.